The maximum absolute atomic E-state index is 12.3. The summed E-state index contributed by atoms with van der Waals surface area (Å²) < 4.78 is 11.5. The van der Waals surface area contributed by atoms with Crippen LogP contribution in [0.2, 0.25) is 0 Å². The summed E-state index contributed by atoms with van der Waals surface area (Å²) >= 11 is 3.33. The predicted octanol–water partition coefficient (Wildman–Crippen LogP) is 3.30. The molecular weight excluding hydrogens is 436 g/mol. The second-order valence-electron chi connectivity index (χ2n) is 6.33. The molecule has 0 saturated carbocycles. The standard InChI is InChI=1S/C19H25BrN4O3.C2H6/c1-2-26-19(25)16-12-14(17-3-4-18(20)27-17)11-15(23-16)13-24-9-7-21-5-6-22-8-10-24;1-2/h3-4,11-12,21-22H,2,5-10,13H2,1H3;1-2H3. The number of pyridine rings is 1. The van der Waals surface area contributed by atoms with E-state index in [1.807, 2.05) is 32.0 Å². The van der Waals surface area contributed by atoms with Gasteiger partial charge in [0.2, 0.25) is 0 Å². The van der Waals surface area contributed by atoms with Crippen LogP contribution in [0.4, 0.5) is 0 Å². The maximum Gasteiger partial charge on any atom is 0.356 e. The van der Waals surface area contributed by atoms with Crippen molar-refractivity contribution in [3.05, 3.63) is 40.3 Å². The second-order valence-corrected chi connectivity index (χ2v) is 7.11. The molecule has 0 unspecified atom stereocenters. The molecule has 0 aromatic carbocycles. The molecule has 2 aromatic rings. The van der Waals surface area contributed by atoms with Gasteiger partial charge in [-0.15, -0.1) is 0 Å². The molecule has 160 valence electrons. The molecule has 0 bridgehead atoms. The minimum absolute atomic E-state index is 0.303. The smallest absolute Gasteiger partial charge is 0.356 e. The Morgan fingerprint density at radius 3 is 2.45 bits per heavy atom. The average Bonchev–Trinajstić information content (AvgIpc) is 3.21. The largest absolute Gasteiger partial charge is 0.461 e. The van der Waals surface area contributed by atoms with Crippen molar-refractivity contribution in [2.24, 2.45) is 0 Å². The number of carbonyl (C=O) groups is 1. The summed E-state index contributed by atoms with van der Waals surface area (Å²) in [6.45, 7) is 12.4. The summed E-state index contributed by atoms with van der Waals surface area (Å²) in [6.07, 6.45) is 0. The Morgan fingerprint density at radius 2 is 1.86 bits per heavy atom. The quantitative estimate of drug-likeness (QED) is 0.654. The molecule has 0 amide bonds. The highest BCUT2D eigenvalue weighted by atomic mass is 79.9. The third-order valence-electron chi connectivity index (χ3n) is 4.29. The summed E-state index contributed by atoms with van der Waals surface area (Å²) in [5.74, 6) is 0.267. The van der Waals surface area contributed by atoms with E-state index in [4.69, 9.17) is 9.15 Å². The molecule has 3 rings (SSSR count). The van der Waals surface area contributed by atoms with E-state index in [2.05, 4.69) is 36.4 Å². The number of furan rings is 1. The number of hydrogen-bond donors (Lipinski definition) is 2. The number of nitrogens with one attached hydrogen (secondary N) is 2. The van der Waals surface area contributed by atoms with Crippen molar-refractivity contribution < 1.29 is 13.9 Å². The van der Waals surface area contributed by atoms with E-state index in [-0.39, 0.29) is 0 Å². The van der Waals surface area contributed by atoms with Crippen LogP contribution in [0.3, 0.4) is 0 Å². The van der Waals surface area contributed by atoms with Crippen molar-refractivity contribution in [2.75, 3.05) is 45.9 Å². The Kier molecular flexibility index (Phi) is 10.3. The zero-order valence-corrected chi connectivity index (χ0v) is 19.0. The molecule has 0 spiro atoms. The summed E-state index contributed by atoms with van der Waals surface area (Å²) in [7, 11) is 0. The fraction of sp³-hybridized carbons (Fsp3) is 0.524. The molecular formula is C21H31BrN4O3. The molecule has 0 radical (unpaired) electrons. The Bertz CT molecular complexity index is 756. The molecule has 2 aromatic heterocycles. The highest BCUT2D eigenvalue weighted by molar-refractivity contribution is 9.10. The minimum Gasteiger partial charge on any atom is -0.461 e. The Hall–Kier alpha value is -1.74. The van der Waals surface area contributed by atoms with Crippen LogP contribution in [0.1, 0.15) is 37.0 Å². The number of nitrogens with zero attached hydrogens (tertiary/aromatic N) is 2. The summed E-state index contributed by atoms with van der Waals surface area (Å²) in [6, 6.07) is 7.39. The topological polar surface area (TPSA) is 79.6 Å². The fourth-order valence-corrected chi connectivity index (χ4v) is 3.30. The highest BCUT2D eigenvalue weighted by Crippen LogP contribution is 2.26. The molecule has 29 heavy (non-hydrogen) atoms. The van der Waals surface area contributed by atoms with Crippen LogP contribution in [-0.4, -0.2) is 61.7 Å². The first kappa shape index (κ1) is 23.5. The van der Waals surface area contributed by atoms with Gasteiger partial charge in [-0.05, 0) is 47.1 Å². The lowest BCUT2D eigenvalue weighted by molar-refractivity contribution is 0.0519. The van der Waals surface area contributed by atoms with Crippen molar-refractivity contribution in [1.82, 2.24) is 20.5 Å². The zero-order valence-electron chi connectivity index (χ0n) is 17.5. The first-order valence-corrected chi connectivity index (χ1v) is 11.0. The van der Waals surface area contributed by atoms with Crippen molar-refractivity contribution in [2.45, 2.75) is 27.3 Å². The van der Waals surface area contributed by atoms with Crippen LogP contribution >= 0.6 is 15.9 Å². The van der Waals surface area contributed by atoms with E-state index in [0.29, 0.717) is 29.3 Å². The summed E-state index contributed by atoms with van der Waals surface area (Å²) in [5.41, 5.74) is 1.94. The number of hydrogen-bond acceptors (Lipinski definition) is 7. The van der Waals surface area contributed by atoms with E-state index < -0.39 is 5.97 Å². The van der Waals surface area contributed by atoms with Gasteiger partial charge in [0.15, 0.2) is 4.67 Å². The van der Waals surface area contributed by atoms with Gasteiger partial charge in [-0.1, -0.05) is 13.8 Å². The van der Waals surface area contributed by atoms with Gasteiger partial charge in [-0.3, -0.25) is 4.90 Å². The van der Waals surface area contributed by atoms with Crippen molar-refractivity contribution in [3.8, 4) is 11.3 Å². The van der Waals surface area contributed by atoms with Gasteiger partial charge in [0, 0.05) is 51.4 Å². The number of halogens is 1. The molecule has 0 aliphatic carbocycles. The van der Waals surface area contributed by atoms with Crippen LogP contribution < -0.4 is 10.6 Å². The van der Waals surface area contributed by atoms with Gasteiger partial charge >= 0.3 is 5.97 Å². The Morgan fingerprint density at radius 1 is 1.17 bits per heavy atom. The molecule has 1 aliphatic rings. The van der Waals surface area contributed by atoms with Crippen LogP contribution in [0.15, 0.2) is 33.4 Å². The predicted molar refractivity (Wildman–Crippen MR) is 118 cm³/mol. The molecule has 1 saturated heterocycles. The zero-order chi connectivity index (χ0) is 21.1. The van der Waals surface area contributed by atoms with Gasteiger partial charge < -0.3 is 19.8 Å². The van der Waals surface area contributed by atoms with Crippen LogP contribution in [0, 0.1) is 0 Å². The second kappa shape index (κ2) is 12.7. The molecule has 1 aliphatic heterocycles. The molecule has 7 nitrogen and oxygen atoms in total. The van der Waals surface area contributed by atoms with Gasteiger partial charge in [0.25, 0.3) is 0 Å². The minimum atomic E-state index is -0.418. The maximum atomic E-state index is 12.3. The average molecular weight is 467 g/mol. The molecule has 0 atom stereocenters. The Balaban J connectivity index is 0.00000145. The highest BCUT2D eigenvalue weighted by Gasteiger charge is 2.16. The first-order valence-electron chi connectivity index (χ1n) is 10.2. The number of carbonyl (C=O) groups excluding carboxylic acids is 1. The Labute approximate surface area is 181 Å². The number of esters is 1. The number of rotatable bonds is 5. The number of aromatic nitrogens is 1. The lowest BCUT2D eigenvalue weighted by atomic mass is 10.1. The van der Waals surface area contributed by atoms with Crippen molar-refractivity contribution in [1.29, 1.82) is 0 Å². The molecule has 1 fully saturated rings. The van der Waals surface area contributed by atoms with Gasteiger partial charge in [0.05, 0.1) is 12.3 Å². The van der Waals surface area contributed by atoms with E-state index >= 15 is 0 Å². The summed E-state index contributed by atoms with van der Waals surface area (Å²) in [4.78, 5) is 19.1. The van der Waals surface area contributed by atoms with E-state index in [1.54, 1.807) is 13.0 Å². The third kappa shape index (κ3) is 7.54. The monoisotopic (exact) mass is 466 g/mol. The third-order valence-corrected chi connectivity index (χ3v) is 4.72. The first-order chi connectivity index (χ1) is 14.2. The lowest BCUT2D eigenvalue weighted by Gasteiger charge is -2.21. The van der Waals surface area contributed by atoms with Crippen LogP contribution in [0.25, 0.3) is 11.3 Å². The van der Waals surface area contributed by atoms with E-state index in [1.165, 1.54) is 0 Å². The van der Waals surface area contributed by atoms with Crippen LogP contribution in [-0.2, 0) is 11.3 Å². The van der Waals surface area contributed by atoms with Gasteiger partial charge in [0.1, 0.15) is 11.5 Å². The summed E-state index contributed by atoms with van der Waals surface area (Å²) in [5, 5.41) is 6.82. The fourth-order valence-electron chi connectivity index (χ4n) is 2.99. The van der Waals surface area contributed by atoms with Crippen molar-refractivity contribution >= 4 is 21.9 Å². The lowest BCUT2D eigenvalue weighted by Crippen LogP contribution is -2.34. The van der Waals surface area contributed by atoms with E-state index in [9.17, 15) is 4.79 Å². The normalized spacial score (nSPS) is 15.4. The van der Waals surface area contributed by atoms with Crippen LogP contribution in [0.5, 0.6) is 0 Å². The van der Waals surface area contributed by atoms with Gasteiger partial charge in [-0.25, -0.2) is 9.78 Å². The molecule has 3 heterocycles. The van der Waals surface area contributed by atoms with Crippen molar-refractivity contribution in [3.63, 3.8) is 0 Å². The van der Waals surface area contributed by atoms with E-state index in [0.717, 1.165) is 50.5 Å². The molecule has 8 heteroatoms. The number of ether oxygens (including phenoxy) is 1. The van der Waals surface area contributed by atoms with Gasteiger partial charge in [-0.2, -0.15) is 0 Å². The molecule has 2 N–H and O–H groups in total. The SMILES string of the molecule is CC.CCOC(=O)c1cc(-c2ccc(Br)o2)cc(CN2CCNCCNCC2)n1.